The van der Waals surface area contributed by atoms with Crippen molar-refractivity contribution in [2.45, 2.75) is 64.8 Å². The second-order valence-corrected chi connectivity index (χ2v) is 4.61. The van der Waals surface area contributed by atoms with E-state index in [1.165, 1.54) is 0 Å². The van der Waals surface area contributed by atoms with Gasteiger partial charge in [-0.1, -0.05) is 39.5 Å². The van der Waals surface area contributed by atoms with Gasteiger partial charge in [0.15, 0.2) is 0 Å². The fraction of sp³-hybridized carbons (Fsp3) is 0.857. The lowest BCUT2D eigenvalue weighted by molar-refractivity contribution is -0.152. The number of nitrogens with two attached hydrogens (primary N) is 1. The second-order valence-electron chi connectivity index (χ2n) is 4.61. The van der Waals surface area contributed by atoms with E-state index >= 15 is 0 Å². The van der Waals surface area contributed by atoms with E-state index in [2.05, 4.69) is 13.8 Å². The largest absolute Gasteiger partial charge is 0.466 e. The molecule has 0 bridgehead atoms. The molecule has 0 spiro atoms. The van der Waals surface area contributed by atoms with E-state index in [9.17, 15) is 9.59 Å². The third-order valence-corrected chi connectivity index (χ3v) is 2.69. The number of carbonyl (C=O) groups excluding carboxylic acids is 2. The van der Waals surface area contributed by atoms with E-state index in [0.717, 1.165) is 38.5 Å². The molecule has 0 rings (SSSR count). The molecule has 0 aliphatic heterocycles. The molecule has 0 aromatic carbocycles. The fourth-order valence-corrected chi connectivity index (χ4v) is 1.49. The van der Waals surface area contributed by atoms with E-state index < -0.39 is 18.0 Å². The van der Waals surface area contributed by atoms with Crippen molar-refractivity contribution < 1.29 is 19.1 Å². The lowest BCUT2D eigenvalue weighted by atomic mass is 10.2. The van der Waals surface area contributed by atoms with E-state index in [1.54, 1.807) is 0 Å². The first kappa shape index (κ1) is 21.5. The number of halogens is 1. The summed E-state index contributed by atoms with van der Waals surface area (Å²) in [5.41, 5.74) is 5.59. The van der Waals surface area contributed by atoms with Crippen molar-refractivity contribution in [1.82, 2.24) is 0 Å². The lowest BCUT2D eigenvalue weighted by Crippen LogP contribution is -2.35. The van der Waals surface area contributed by atoms with Crippen molar-refractivity contribution >= 4 is 24.3 Å². The molecular weight excluding hydrogens is 282 g/mol. The van der Waals surface area contributed by atoms with Gasteiger partial charge in [0.2, 0.25) is 0 Å². The first-order valence-corrected chi connectivity index (χ1v) is 7.19. The molecule has 6 heteroatoms. The summed E-state index contributed by atoms with van der Waals surface area (Å²) in [6.07, 6.45) is 5.74. The van der Waals surface area contributed by atoms with Gasteiger partial charge in [0.1, 0.15) is 6.04 Å². The molecule has 20 heavy (non-hydrogen) atoms. The summed E-state index contributed by atoms with van der Waals surface area (Å²) in [6.45, 7) is 4.91. The highest BCUT2D eigenvalue weighted by Crippen LogP contribution is 2.00. The molecule has 0 radical (unpaired) electrons. The van der Waals surface area contributed by atoms with E-state index in [1.807, 2.05) is 0 Å². The Bertz CT molecular complexity index is 262. The van der Waals surface area contributed by atoms with Crippen LogP contribution < -0.4 is 5.73 Å². The van der Waals surface area contributed by atoms with Crippen molar-refractivity contribution in [3.63, 3.8) is 0 Å². The number of rotatable bonds is 11. The molecule has 0 heterocycles. The first-order valence-electron chi connectivity index (χ1n) is 7.19. The molecular formula is C14H28ClNO4. The Morgan fingerprint density at radius 1 is 0.950 bits per heavy atom. The Morgan fingerprint density at radius 2 is 1.45 bits per heavy atom. The Balaban J connectivity index is 0. The third-order valence-electron chi connectivity index (χ3n) is 2.69. The molecule has 0 amide bonds. The molecule has 1 atom stereocenters. The Labute approximate surface area is 128 Å². The number of unbranched alkanes of at least 4 members (excludes halogenated alkanes) is 4. The third kappa shape index (κ3) is 12.2. The van der Waals surface area contributed by atoms with Gasteiger partial charge >= 0.3 is 11.9 Å². The predicted molar refractivity (Wildman–Crippen MR) is 80.8 cm³/mol. The van der Waals surface area contributed by atoms with Crippen molar-refractivity contribution in [3.8, 4) is 0 Å². The highest BCUT2D eigenvalue weighted by molar-refractivity contribution is 5.85. The zero-order chi connectivity index (χ0) is 14.5. The van der Waals surface area contributed by atoms with E-state index in [4.69, 9.17) is 15.2 Å². The molecule has 0 aliphatic carbocycles. The summed E-state index contributed by atoms with van der Waals surface area (Å²) in [5.74, 6) is -0.962. The molecule has 0 aliphatic rings. The first-order chi connectivity index (χ1) is 9.11. The van der Waals surface area contributed by atoms with Crippen LogP contribution in [0.4, 0.5) is 0 Å². The molecule has 0 aromatic heterocycles. The predicted octanol–water partition coefficient (Wildman–Crippen LogP) is 2.59. The Morgan fingerprint density at radius 3 is 1.95 bits per heavy atom. The maximum Gasteiger partial charge on any atom is 0.323 e. The highest BCUT2D eigenvalue weighted by Gasteiger charge is 2.19. The zero-order valence-electron chi connectivity index (χ0n) is 12.6. The molecule has 2 N–H and O–H groups in total. The molecule has 1 unspecified atom stereocenters. The average molecular weight is 310 g/mol. The normalized spacial score (nSPS) is 11.3. The Kier molecular flexibility index (Phi) is 15.7. The molecule has 0 fully saturated rings. The van der Waals surface area contributed by atoms with Crippen LogP contribution >= 0.6 is 12.4 Å². The molecule has 5 nitrogen and oxygen atoms in total. The number of hydrogen-bond donors (Lipinski definition) is 1. The van der Waals surface area contributed by atoms with Crippen LogP contribution in [0.5, 0.6) is 0 Å². The molecule has 0 saturated heterocycles. The second kappa shape index (κ2) is 14.6. The van der Waals surface area contributed by atoms with Crippen LogP contribution in [0.25, 0.3) is 0 Å². The van der Waals surface area contributed by atoms with Crippen LogP contribution in [0.1, 0.15) is 58.8 Å². The smallest absolute Gasteiger partial charge is 0.323 e. The van der Waals surface area contributed by atoms with Crippen LogP contribution in [0.15, 0.2) is 0 Å². The van der Waals surface area contributed by atoms with E-state index in [-0.39, 0.29) is 18.8 Å². The van der Waals surface area contributed by atoms with Crippen molar-refractivity contribution in [1.29, 1.82) is 0 Å². The standard InChI is InChI=1S/C14H27NO4.ClH/c1-3-5-7-9-18-13(16)11-12(15)14(17)19-10-8-6-4-2;/h12H,3-11,15H2,1-2H3;1H. The maximum atomic E-state index is 11.5. The maximum absolute atomic E-state index is 11.5. The summed E-state index contributed by atoms with van der Waals surface area (Å²) in [5, 5.41) is 0. The average Bonchev–Trinajstić information content (AvgIpc) is 2.39. The Hall–Kier alpha value is -0.810. The van der Waals surface area contributed by atoms with Gasteiger partial charge in [-0.25, -0.2) is 0 Å². The number of ether oxygens (including phenoxy) is 2. The number of hydrogen-bond acceptors (Lipinski definition) is 5. The quantitative estimate of drug-likeness (QED) is 0.469. The highest BCUT2D eigenvalue weighted by atomic mass is 35.5. The van der Waals surface area contributed by atoms with Gasteiger partial charge in [0.05, 0.1) is 19.6 Å². The van der Waals surface area contributed by atoms with Gasteiger partial charge in [-0.3, -0.25) is 9.59 Å². The van der Waals surface area contributed by atoms with Crippen molar-refractivity contribution in [2.75, 3.05) is 13.2 Å². The van der Waals surface area contributed by atoms with E-state index in [0.29, 0.717) is 13.2 Å². The molecule has 0 saturated carbocycles. The van der Waals surface area contributed by atoms with Gasteiger partial charge in [-0.2, -0.15) is 0 Å². The van der Waals surface area contributed by atoms with Gasteiger partial charge in [0, 0.05) is 0 Å². The summed E-state index contributed by atoms with van der Waals surface area (Å²) < 4.78 is 9.96. The van der Waals surface area contributed by atoms with Gasteiger partial charge in [-0.05, 0) is 12.8 Å². The molecule has 120 valence electrons. The van der Waals surface area contributed by atoms with Crippen LogP contribution in [-0.4, -0.2) is 31.2 Å². The number of carbonyl (C=O) groups is 2. The van der Waals surface area contributed by atoms with Gasteiger partial charge in [-0.15, -0.1) is 12.4 Å². The molecule has 0 aromatic rings. The van der Waals surface area contributed by atoms with Gasteiger partial charge < -0.3 is 15.2 Å². The summed E-state index contributed by atoms with van der Waals surface area (Å²) in [6, 6.07) is -0.916. The summed E-state index contributed by atoms with van der Waals surface area (Å²) >= 11 is 0. The van der Waals surface area contributed by atoms with Crippen molar-refractivity contribution in [2.24, 2.45) is 5.73 Å². The van der Waals surface area contributed by atoms with Crippen LogP contribution in [0.3, 0.4) is 0 Å². The zero-order valence-corrected chi connectivity index (χ0v) is 13.4. The van der Waals surface area contributed by atoms with Crippen molar-refractivity contribution in [3.05, 3.63) is 0 Å². The van der Waals surface area contributed by atoms with Crippen LogP contribution in [0.2, 0.25) is 0 Å². The summed E-state index contributed by atoms with van der Waals surface area (Å²) in [7, 11) is 0. The monoisotopic (exact) mass is 309 g/mol. The summed E-state index contributed by atoms with van der Waals surface area (Å²) in [4.78, 5) is 22.9. The minimum absolute atomic E-state index is 0. The lowest BCUT2D eigenvalue weighted by Gasteiger charge is -2.11. The fourth-order valence-electron chi connectivity index (χ4n) is 1.49. The van der Waals surface area contributed by atoms with Crippen LogP contribution in [-0.2, 0) is 19.1 Å². The minimum atomic E-state index is -0.916. The van der Waals surface area contributed by atoms with Crippen LogP contribution in [0, 0.1) is 0 Å². The topological polar surface area (TPSA) is 78.6 Å². The SMILES string of the molecule is CCCCCOC(=O)CC(N)C(=O)OCCCCC.Cl. The number of esters is 2. The van der Waals surface area contributed by atoms with Gasteiger partial charge in [0.25, 0.3) is 0 Å². The minimum Gasteiger partial charge on any atom is -0.466 e.